The van der Waals surface area contributed by atoms with E-state index in [1.807, 2.05) is 48.3 Å². The van der Waals surface area contributed by atoms with E-state index in [9.17, 15) is 4.79 Å². The van der Waals surface area contributed by atoms with Gasteiger partial charge in [-0.2, -0.15) is 0 Å². The average Bonchev–Trinajstić information content (AvgIpc) is 2.52. The Morgan fingerprint density at radius 2 is 1.81 bits per heavy atom. The predicted octanol–water partition coefficient (Wildman–Crippen LogP) is 4.06. The molecular formula is C17H18ClNO2. The Morgan fingerprint density at radius 3 is 2.43 bits per heavy atom. The van der Waals surface area contributed by atoms with Crippen LogP contribution in [0.1, 0.15) is 16.8 Å². The van der Waals surface area contributed by atoms with E-state index in [2.05, 4.69) is 0 Å². The van der Waals surface area contributed by atoms with Crippen molar-refractivity contribution in [2.75, 3.05) is 25.6 Å². The van der Waals surface area contributed by atoms with Crippen LogP contribution >= 0.6 is 11.6 Å². The van der Waals surface area contributed by atoms with Crippen molar-refractivity contribution in [3.05, 3.63) is 59.1 Å². The van der Waals surface area contributed by atoms with E-state index in [0.29, 0.717) is 23.6 Å². The number of carbonyl (C=O) groups excluding carboxylic acids is 1. The minimum Gasteiger partial charge on any atom is -0.497 e. The van der Waals surface area contributed by atoms with E-state index >= 15 is 0 Å². The number of ether oxygens (including phenoxy) is 1. The van der Waals surface area contributed by atoms with Gasteiger partial charge < -0.3 is 9.64 Å². The molecule has 2 rings (SSSR count). The third-order valence-corrected chi connectivity index (χ3v) is 3.69. The molecule has 110 valence electrons. The number of halogens is 1. The van der Waals surface area contributed by atoms with E-state index in [1.54, 1.807) is 19.2 Å². The standard InChI is InChI=1S/C17H18ClNO2/c1-19(13-7-9-14(21-2)10-8-13)12-11-17(20)15-5-3-4-6-16(15)18/h3-10H,11-12H2,1-2H3. The highest BCUT2D eigenvalue weighted by Crippen LogP contribution is 2.20. The molecule has 4 heteroatoms. The van der Waals surface area contributed by atoms with Crippen molar-refractivity contribution in [1.82, 2.24) is 0 Å². The van der Waals surface area contributed by atoms with Gasteiger partial charge >= 0.3 is 0 Å². The molecule has 0 bridgehead atoms. The van der Waals surface area contributed by atoms with E-state index in [0.717, 1.165) is 11.4 Å². The zero-order valence-electron chi connectivity index (χ0n) is 12.2. The monoisotopic (exact) mass is 303 g/mol. The summed E-state index contributed by atoms with van der Waals surface area (Å²) >= 11 is 6.04. The summed E-state index contributed by atoms with van der Waals surface area (Å²) in [7, 11) is 3.60. The van der Waals surface area contributed by atoms with Crippen LogP contribution in [0, 0.1) is 0 Å². The van der Waals surface area contributed by atoms with Gasteiger partial charge in [-0.15, -0.1) is 0 Å². The van der Waals surface area contributed by atoms with Crippen molar-refractivity contribution in [2.24, 2.45) is 0 Å². The number of methoxy groups -OCH3 is 1. The minimum atomic E-state index is 0.0564. The first-order valence-corrected chi connectivity index (χ1v) is 7.12. The molecular weight excluding hydrogens is 286 g/mol. The van der Waals surface area contributed by atoms with Crippen LogP contribution in [0.4, 0.5) is 5.69 Å². The fourth-order valence-corrected chi connectivity index (χ4v) is 2.30. The molecule has 0 fully saturated rings. The van der Waals surface area contributed by atoms with Gasteiger partial charge in [-0.3, -0.25) is 4.79 Å². The Hall–Kier alpha value is -2.00. The van der Waals surface area contributed by atoms with Gasteiger partial charge in [0, 0.05) is 31.3 Å². The third kappa shape index (κ3) is 3.99. The maximum atomic E-state index is 12.2. The first-order valence-electron chi connectivity index (χ1n) is 6.74. The molecule has 0 atom stereocenters. The Balaban J connectivity index is 1.95. The van der Waals surface area contributed by atoms with Crippen LogP contribution in [0.15, 0.2) is 48.5 Å². The van der Waals surface area contributed by atoms with Gasteiger partial charge in [0.1, 0.15) is 5.75 Å². The number of Topliss-reactive ketones (excluding diaryl/α,β-unsaturated/α-hetero) is 1. The molecule has 0 heterocycles. The topological polar surface area (TPSA) is 29.5 Å². The number of hydrogen-bond acceptors (Lipinski definition) is 3. The molecule has 2 aromatic carbocycles. The van der Waals surface area contributed by atoms with Crippen molar-refractivity contribution < 1.29 is 9.53 Å². The number of carbonyl (C=O) groups is 1. The van der Waals surface area contributed by atoms with Crippen LogP contribution in [-0.2, 0) is 0 Å². The van der Waals surface area contributed by atoms with E-state index < -0.39 is 0 Å². The molecule has 0 radical (unpaired) electrons. The van der Waals surface area contributed by atoms with Gasteiger partial charge in [0.2, 0.25) is 0 Å². The summed E-state index contributed by atoms with van der Waals surface area (Å²) in [5.74, 6) is 0.875. The number of hydrogen-bond donors (Lipinski definition) is 0. The van der Waals surface area contributed by atoms with Gasteiger partial charge in [0.05, 0.1) is 12.1 Å². The molecule has 21 heavy (non-hydrogen) atoms. The fourth-order valence-electron chi connectivity index (χ4n) is 2.06. The normalized spacial score (nSPS) is 10.2. The number of rotatable bonds is 6. The van der Waals surface area contributed by atoms with Gasteiger partial charge in [0.25, 0.3) is 0 Å². The number of benzene rings is 2. The smallest absolute Gasteiger partial charge is 0.166 e. The van der Waals surface area contributed by atoms with Crippen molar-refractivity contribution in [2.45, 2.75) is 6.42 Å². The van der Waals surface area contributed by atoms with Crippen molar-refractivity contribution in [1.29, 1.82) is 0 Å². The van der Waals surface area contributed by atoms with Gasteiger partial charge in [-0.1, -0.05) is 23.7 Å². The fraction of sp³-hybridized carbons (Fsp3) is 0.235. The number of anilines is 1. The number of nitrogens with zero attached hydrogens (tertiary/aromatic N) is 1. The quantitative estimate of drug-likeness (QED) is 0.754. The van der Waals surface area contributed by atoms with Crippen molar-refractivity contribution in [3.8, 4) is 5.75 Å². The molecule has 3 nitrogen and oxygen atoms in total. The molecule has 0 aliphatic heterocycles. The highest BCUT2D eigenvalue weighted by Gasteiger charge is 2.11. The minimum absolute atomic E-state index is 0.0564. The molecule has 0 spiro atoms. The predicted molar refractivity (Wildman–Crippen MR) is 86.7 cm³/mol. The Bertz CT molecular complexity index is 610. The molecule has 0 amide bonds. The van der Waals surface area contributed by atoms with Crippen LogP contribution in [0.5, 0.6) is 5.75 Å². The highest BCUT2D eigenvalue weighted by molar-refractivity contribution is 6.33. The lowest BCUT2D eigenvalue weighted by molar-refractivity contribution is 0.0985. The lowest BCUT2D eigenvalue weighted by Crippen LogP contribution is -2.21. The maximum Gasteiger partial charge on any atom is 0.166 e. The SMILES string of the molecule is COc1ccc(N(C)CCC(=O)c2ccccc2Cl)cc1. The van der Waals surface area contributed by atoms with Crippen LogP contribution in [0.25, 0.3) is 0 Å². The Morgan fingerprint density at radius 1 is 1.14 bits per heavy atom. The van der Waals surface area contributed by atoms with Gasteiger partial charge in [-0.25, -0.2) is 0 Å². The Kier molecular flexibility index (Phi) is 5.23. The third-order valence-electron chi connectivity index (χ3n) is 3.36. The van der Waals surface area contributed by atoms with Crippen LogP contribution in [0.2, 0.25) is 5.02 Å². The van der Waals surface area contributed by atoms with Gasteiger partial charge in [-0.05, 0) is 36.4 Å². The van der Waals surface area contributed by atoms with E-state index in [4.69, 9.17) is 16.3 Å². The second-order valence-corrected chi connectivity index (χ2v) is 5.18. The first kappa shape index (κ1) is 15.4. The van der Waals surface area contributed by atoms with Crippen LogP contribution in [-0.4, -0.2) is 26.5 Å². The lowest BCUT2D eigenvalue weighted by Gasteiger charge is -2.19. The summed E-state index contributed by atoms with van der Waals surface area (Å²) < 4.78 is 5.13. The summed E-state index contributed by atoms with van der Waals surface area (Å²) in [6.07, 6.45) is 0.423. The van der Waals surface area contributed by atoms with Crippen LogP contribution in [0.3, 0.4) is 0 Å². The zero-order chi connectivity index (χ0) is 15.2. The van der Waals surface area contributed by atoms with Crippen molar-refractivity contribution in [3.63, 3.8) is 0 Å². The first-order chi connectivity index (χ1) is 10.1. The summed E-state index contributed by atoms with van der Waals surface area (Å²) in [6, 6.07) is 14.9. The molecule has 0 saturated carbocycles. The lowest BCUT2D eigenvalue weighted by atomic mass is 10.1. The molecule has 0 aliphatic carbocycles. The largest absolute Gasteiger partial charge is 0.497 e. The summed E-state index contributed by atoms with van der Waals surface area (Å²) in [5.41, 5.74) is 1.63. The average molecular weight is 304 g/mol. The maximum absolute atomic E-state index is 12.2. The van der Waals surface area contributed by atoms with Crippen LogP contribution < -0.4 is 9.64 Å². The highest BCUT2D eigenvalue weighted by atomic mass is 35.5. The van der Waals surface area contributed by atoms with Crippen molar-refractivity contribution >= 4 is 23.1 Å². The van der Waals surface area contributed by atoms with E-state index in [-0.39, 0.29) is 5.78 Å². The van der Waals surface area contributed by atoms with Gasteiger partial charge in [0.15, 0.2) is 5.78 Å². The second-order valence-electron chi connectivity index (χ2n) is 4.77. The second kappa shape index (κ2) is 7.14. The molecule has 2 aromatic rings. The van der Waals surface area contributed by atoms with E-state index in [1.165, 1.54) is 0 Å². The zero-order valence-corrected chi connectivity index (χ0v) is 12.9. The molecule has 0 N–H and O–H groups in total. The molecule has 0 saturated heterocycles. The molecule has 0 aromatic heterocycles. The number of ketones is 1. The summed E-state index contributed by atoms with van der Waals surface area (Å²) in [4.78, 5) is 14.2. The summed E-state index contributed by atoms with van der Waals surface area (Å²) in [6.45, 7) is 0.635. The Labute approximate surface area is 130 Å². The summed E-state index contributed by atoms with van der Waals surface area (Å²) in [5, 5.41) is 0.509. The molecule has 0 aliphatic rings. The molecule has 0 unspecified atom stereocenters.